The second kappa shape index (κ2) is 7.67. The predicted octanol–water partition coefficient (Wildman–Crippen LogP) is 1.96. The van der Waals surface area contributed by atoms with Crippen LogP contribution in [-0.2, 0) is 16.1 Å². The number of imidazole rings is 1. The molecule has 0 saturated heterocycles. The molecule has 0 aliphatic rings. The van der Waals surface area contributed by atoms with Crippen LogP contribution >= 0.6 is 0 Å². The van der Waals surface area contributed by atoms with Gasteiger partial charge >= 0.3 is 5.97 Å². The minimum atomic E-state index is -1.00. The molecule has 0 fully saturated rings. The zero-order valence-electron chi connectivity index (χ0n) is 12.3. The number of nitrogens with one attached hydrogen (secondary N) is 1. The van der Waals surface area contributed by atoms with Gasteiger partial charge in [0.25, 0.3) is 0 Å². The highest BCUT2D eigenvalue weighted by Gasteiger charge is 2.17. The van der Waals surface area contributed by atoms with E-state index in [0.717, 1.165) is 24.4 Å². The molecule has 0 bridgehead atoms. The molecule has 0 saturated carbocycles. The first-order chi connectivity index (χ1) is 9.38. The molecule has 0 radical (unpaired) electrons. The quantitative estimate of drug-likeness (QED) is 0.762. The number of carboxylic acid groups (broad SMARTS) is 1. The highest BCUT2D eigenvalue weighted by atomic mass is 16.4. The monoisotopic (exact) mass is 281 g/mol. The summed E-state index contributed by atoms with van der Waals surface area (Å²) in [6.45, 7) is 6.00. The zero-order valence-corrected chi connectivity index (χ0v) is 12.3. The number of nitrogens with zero attached hydrogens (tertiary/aromatic N) is 2. The molecule has 0 aromatic carbocycles. The average Bonchev–Trinajstić information content (AvgIpc) is 2.72. The van der Waals surface area contributed by atoms with Crippen LogP contribution in [0.4, 0.5) is 0 Å². The number of hydrogen-bond donors (Lipinski definition) is 2. The Kier molecular flexibility index (Phi) is 6.21. The molecule has 1 heterocycles. The van der Waals surface area contributed by atoms with E-state index >= 15 is 0 Å². The van der Waals surface area contributed by atoms with E-state index in [-0.39, 0.29) is 19.0 Å². The number of H-pyrrole nitrogens is 1. The van der Waals surface area contributed by atoms with E-state index in [1.807, 2.05) is 6.92 Å². The van der Waals surface area contributed by atoms with Crippen molar-refractivity contribution in [1.82, 2.24) is 14.9 Å². The lowest BCUT2D eigenvalue weighted by atomic mass is 10.1. The molecule has 0 spiro atoms. The van der Waals surface area contributed by atoms with Crippen LogP contribution in [0.2, 0.25) is 0 Å². The highest BCUT2D eigenvalue weighted by Crippen LogP contribution is 2.10. The molecule has 6 nitrogen and oxygen atoms in total. The summed E-state index contributed by atoms with van der Waals surface area (Å²) in [5.74, 6) is 0.173. The van der Waals surface area contributed by atoms with Crippen molar-refractivity contribution in [2.45, 2.75) is 46.6 Å². The molecule has 0 atom stereocenters. The molecule has 0 aliphatic carbocycles. The van der Waals surface area contributed by atoms with Crippen LogP contribution in [-0.4, -0.2) is 38.4 Å². The van der Waals surface area contributed by atoms with E-state index in [2.05, 4.69) is 23.8 Å². The number of carbonyl (C=O) groups excluding carboxylic acids is 1. The summed E-state index contributed by atoms with van der Waals surface area (Å²) in [6.07, 6.45) is 3.77. The number of aromatic amines is 1. The third kappa shape index (κ3) is 5.86. The number of carboxylic acids is 1. The van der Waals surface area contributed by atoms with Gasteiger partial charge in [0.2, 0.25) is 5.91 Å². The fourth-order valence-electron chi connectivity index (χ4n) is 1.97. The standard InChI is InChI=1S/C14H23N3O3/c1-10(2)5-4-6-13(18)17(9-14(19)20)8-12-7-15-11(3)16-12/h7,10H,4-6,8-9H2,1-3H3,(H,15,16)(H,19,20). The van der Waals surface area contributed by atoms with Crippen molar-refractivity contribution in [3.8, 4) is 0 Å². The third-order valence-electron chi connectivity index (χ3n) is 2.97. The van der Waals surface area contributed by atoms with E-state index in [4.69, 9.17) is 5.11 Å². The molecule has 1 amide bonds. The fourth-order valence-corrected chi connectivity index (χ4v) is 1.97. The number of carbonyl (C=O) groups is 2. The minimum Gasteiger partial charge on any atom is -0.480 e. The van der Waals surface area contributed by atoms with Crippen molar-refractivity contribution in [3.63, 3.8) is 0 Å². The van der Waals surface area contributed by atoms with Crippen LogP contribution in [0.1, 0.15) is 44.6 Å². The SMILES string of the molecule is Cc1ncc(CN(CC(=O)O)C(=O)CCCC(C)C)[nH]1. The maximum Gasteiger partial charge on any atom is 0.323 e. The van der Waals surface area contributed by atoms with Gasteiger partial charge in [-0.15, -0.1) is 0 Å². The summed E-state index contributed by atoms with van der Waals surface area (Å²) in [5, 5.41) is 8.91. The second-order valence-electron chi connectivity index (χ2n) is 5.42. The first kappa shape index (κ1) is 16.2. The molecule has 112 valence electrons. The lowest BCUT2D eigenvalue weighted by molar-refractivity contribution is -0.145. The van der Waals surface area contributed by atoms with E-state index in [9.17, 15) is 9.59 Å². The molecule has 6 heteroatoms. The first-order valence-corrected chi connectivity index (χ1v) is 6.88. The Bertz CT molecular complexity index is 454. The summed E-state index contributed by atoms with van der Waals surface area (Å²) >= 11 is 0. The predicted molar refractivity (Wildman–Crippen MR) is 75.1 cm³/mol. The molecular formula is C14H23N3O3. The zero-order chi connectivity index (χ0) is 15.1. The molecule has 1 aromatic rings. The van der Waals surface area contributed by atoms with Crippen molar-refractivity contribution in [3.05, 3.63) is 17.7 Å². The number of hydrogen-bond acceptors (Lipinski definition) is 3. The summed E-state index contributed by atoms with van der Waals surface area (Å²) in [5.41, 5.74) is 0.751. The minimum absolute atomic E-state index is 0.125. The van der Waals surface area contributed by atoms with Crippen LogP contribution in [0.15, 0.2) is 6.20 Å². The summed E-state index contributed by atoms with van der Waals surface area (Å²) < 4.78 is 0. The first-order valence-electron chi connectivity index (χ1n) is 6.88. The number of aliphatic carboxylic acids is 1. The Labute approximate surface area is 119 Å². The largest absolute Gasteiger partial charge is 0.480 e. The summed E-state index contributed by atoms with van der Waals surface area (Å²) in [4.78, 5) is 31.4. The average molecular weight is 281 g/mol. The maximum absolute atomic E-state index is 12.1. The van der Waals surface area contributed by atoms with Crippen LogP contribution in [0.5, 0.6) is 0 Å². The van der Waals surface area contributed by atoms with Gasteiger partial charge < -0.3 is 15.0 Å². The Morgan fingerprint density at radius 1 is 1.45 bits per heavy atom. The van der Waals surface area contributed by atoms with Crippen LogP contribution in [0, 0.1) is 12.8 Å². The van der Waals surface area contributed by atoms with Crippen LogP contribution < -0.4 is 0 Å². The van der Waals surface area contributed by atoms with Gasteiger partial charge in [-0.2, -0.15) is 0 Å². The van der Waals surface area contributed by atoms with Gasteiger partial charge in [-0.05, 0) is 19.3 Å². The van der Waals surface area contributed by atoms with E-state index in [1.165, 1.54) is 4.90 Å². The van der Waals surface area contributed by atoms with Crippen molar-refractivity contribution >= 4 is 11.9 Å². The summed E-state index contributed by atoms with van der Waals surface area (Å²) in [6, 6.07) is 0. The molecule has 1 rings (SSSR count). The molecule has 0 unspecified atom stereocenters. The van der Waals surface area contributed by atoms with E-state index in [1.54, 1.807) is 6.20 Å². The van der Waals surface area contributed by atoms with E-state index < -0.39 is 5.97 Å². The van der Waals surface area contributed by atoms with Crippen LogP contribution in [0.3, 0.4) is 0 Å². The van der Waals surface area contributed by atoms with Crippen molar-refractivity contribution in [1.29, 1.82) is 0 Å². The van der Waals surface area contributed by atoms with Crippen molar-refractivity contribution in [2.75, 3.05) is 6.54 Å². The number of aryl methyl sites for hydroxylation is 1. The summed E-state index contributed by atoms with van der Waals surface area (Å²) in [7, 11) is 0. The van der Waals surface area contributed by atoms with Crippen molar-refractivity contribution < 1.29 is 14.7 Å². The van der Waals surface area contributed by atoms with Gasteiger partial charge in [-0.3, -0.25) is 9.59 Å². The lowest BCUT2D eigenvalue weighted by Crippen LogP contribution is -2.35. The lowest BCUT2D eigenvalue weighted by Gasteiger charge is -2.20. The Balaban J connectivity index is 2.58. The van der Waals surface area contributed by atoms with Gasteiger partial charge in [0, 0.05) is 6.42 Å². The maximum atomic E-state index is 12.1. The van der Waals surface area contributed by atoms with Gasteiger partial charge in [-0.25, -0.2) is 4.98 Å². The molecular weight excluding hydrogens is 258 g/mol. The number of amides is 1. The second-order valence-corrected chi connectivity index (χ2v) is 5.42. The van der Waals surface area contributed by atoms with Crippen molar-refractivity contribution in [2.24, 2.45) is 5.92 Å². The number of aromatic nitrogens is 2. The van der Waals surface area contributed by atoms with Gasteiger partial charge in [0.15, 0.2) is 0 Å². The molecule has 20 heavy (non-hydrogen) atoms. The van der Waals surface area contributed by atoms with Gasteiger partial charge in [-0.1, -0.05) is 20.3 Å². The molecule has 0 aliphatic heterocycles. The molecule has 1 aromatic heterocycles. The number of rotatable bonds is 8. The molecule has 2 N–H and O–H groups in total. The van der Waals surface area contributed by atoms with Gasteiger partial charge in [0.05, 0.1) is 18.4 Å². The smallest absolute Gasteiger partial charge is 0.323 e. The third-order valence-corrected chi connectivity index (χ3v) is 2.97. The Hall–Kier alpha value is -1.85. The fraction of sp³-hybridized carbons (Fsp3) is 0.643. The van der Waals surface area contributed by atoms with Gasteiger partial charge in [0.1, 0.15) is 12.4 Å². The highest BCUT2D eigenvalue weighted by molar-refractivity contribution is 5.81. The topological polar surface area (TPSA) is 86.3 Å². The van der Waals surface area contributed by atoms with Crippen LogP contribution in [0.25, 0.3) is 0 Å². The normalized spacial score (nSPS) is 10.8. The Morgan fingerprint density at radius 3 is 2.65 bits per heavy atom. The Morgan fingerprint density at radius 2 is 2.15 bits per heavy atom. The van der Waals surface area contributed by atoms with E-state index in [0.29, 0.717) is 12.3 Å².